The minimum Gasteiger partial charge on any atom is -0.463 e. The van der Waals surface area contributed by atoms with Crippen molar-refractivity contribution in [3.63, 3.8) is 0 Å². The average Bonchev–Trinajstić information content (AvgIpc) is 2.35. The molecule has 0 aliphatic rings. The van der Waals surface area contributed by atoms with Crippen molar-refractivity contribution in [3.05, 3.63) is 41.5 Å². The number of Topliss-reactive ketones (excluding diaryl/α,β-unsaturated/α-hetero) is 1. The summed E-state index contributed by atoms with van der Waals surface area (Å²) in [5, 5.41) is 0. The Morgan fingerprint density at radius 3 is 2.67 bits per heavy atom. The van der Waals surface area contributed by atoms with Gasteiger partial charge in [0.1, 0.15) is 5.78 Å². The van der Waals surface area contributed by atoms with Gasteiger partial charge >= 0.3 is 5.97 Å². The van der Waals surface area contributed by atoms with Gasteiger partial charge in [0.15, 0.2) is 0 Å². The standard InChI is InChI=1S/C15H18O3/c1-3-18-15(17)11-10-14-7-5-4-6-13(14)9-8-12(2)16/h4-7,10-11H,3,8-9H2,1-2H3/b11-10-. The molecule has 0 aliphatic heterocycles. The van der Waals surface area contributed by atoms with E-state index in [-0.39, 0.29) is 11.8 Å². The molecule has 0 radical (unpaired) electrons. The monoisotopic (exact) mass is 246 g/mol. The maximum absolute atomic E-state index is 11.2. The van der Waals surface area contributed by atoms with E-state index >= 15 is 0 Å². The number of hydrogen-bond acceptors (Lipinski definition) is 3. The predicted octanol–water partition coefficient (Wildman–Crippen LogP) is 2.78. The van der Waals surface area contributed by atoms with Gasteiger partial charge in [-0.3, -0.25) is 0 Å². The number of carbonyl (C=O) groups excluding carboxylic acids is 2. The van der Waals surface area contributed by atoms with Crippen LogP contribution in [0.2, 0.25) is 0 Å². The fourth-order valence-corrected chi connectivity index (χ4v) is 1.58. The first-order valence-electron chi connectivity index (χ1n) is 6.05. The molecule has 0 spiro atoms. The van der Waals surface area contributed by atoms with Gasteiger partial charge in [0.05, 0.1) is 6.61 Å². The lowest BCUT2D eigenvalue weighted by atomic mass is 10.0. The van der Waals surface area contributed by atoms with Gasteiger partial charge in [-0.1, -0.05) is 24.3 Å². The SMILES string of the molecule is CCOC(=O)/C=C\c1ccccc1CCC(C)=O. The minimum atomic E-state index is -0.348. The van der Waals surface area contributed by atoms with E-state index in [1.165, 1.54) is 6.08 Å². The Hall–Kier alpha value is -1.90. The summed E-state index contributed by atoms with van der Waals surface area (Å²) in [7, 11) is 0. The zero-order valence-electron chi connectivity index (χ0n) is 10.8. The van der Waals surface area contributed by atoms with Crippen molar-refractivity contribution in [1.29, 1.82) is 0 Å². The average molecular weight is 246 g/mol. The van der Waals surface area contributed by atoms with Crippen LogP contribution in [-0.2, 0) is 20.7 Å². The first-order chi connectivity index (χ1) is 8.63. The van der Waals surface area contributed by atoms with Crippen molar-refractivity contribution >= 4 is 17.8 Å². The molecule has 3 nitrogen and oxygen atoms in total. The Bertz CT molecular complexity index is 447. The van der Waals surface area contributed by atoms with Gasteiger partial charge in [0, 0.05) is 12.5 Å². The van der Waals surface area contributed by atoms with Crippen LogP contribution in [0, 0.1) is 0 Å². The lowest BCUT2D eigenvalue weighted by Gasteiger charge is -2.04. The molecule has 0 atom stereocenters. The van der Waals surface area contributed by atoms with Crippen molar-refractivity contribution in [1.82, 2.24) is 0 Å². The number of ether oxygens (including phenoxy) is 1. The summed E-state index contributed by atoms with van der Waals surface area (Å²) in [5.41, 5.74) is 2.01. The summed E-state index contributed by atoms with van der Waals surface area (Å²) in [6.07, 6.45) is 4.35. The summed E-state index contributed by atoms with van der Waals surface area (Å²) in [4.78, 5) is 22.2. The number of esters is 1. The molecule has 96 valence electrons. The molecule has 0 aromatic heterocycles. The van der Waals surface area contributed by atoms with Gasteiger partial charge < -0.3 is 9.53 Å². The Kier molecular flexibility index (Phi) is 5.85. The molecule has 18 heavy (non-hydrogen) atoms. The molecule has 0 fully saturated rings. The van der Waals surface area contributed by atoms with Crippen LogP contribution in [0.5, 0.6) is 0 Å². The van der Waals surface area contributed by atoms with Crippen molar-refractivity contribution in [2.24, 2.45) is 0 Å². The van der Waals surface area contributed by atoms with Crippen molar-refractivity contribution in [3.8, 4) is 0 Å². The van der Waals surface area contributed by atoms with E-state index in [9.17, 15) is 9.59 Å². The van der Waals surface area contributed by atoms with E-state index in [1.807, 2.05) is 24.3 Å². The third kappa shape index (κ3) is 4.95. The predicted molar refractivity (Wildman–Crippen MR) is 71.1 cm³/mol. The molecule has 0 heterocycles. The van der Waals surface area contributed by atoms with Crippen LogP contribution in [0.1, 0.15) is 31.4 Å². The highest BCUT2D eigenvalue weighted by Crippen LogP contribution is 2.13. The Balaban J connectivity index is 2.75. The summed E-state index contributed by atoms with van der Waals surface area (Å²) < 4.78 is 4.82. The highest BCUT2D eigenvalue weighted by Gasteiger charge is 2.02. The van der Waals surface area contributed by atoms with Crippen LogP contribution >= 0.6 is 0 Å². The van der Waals surface area contributed by atoms with Crippen LogP contribution in [0.3, 0.4) is 0 Å². The lowest BCUT2D eigenvalue weighted by Crippen LogP contribution is -1.99. The van der Waals surface area contributed by atoms with E-state index in [2.05, 4.69) is 0 Å². The molecule has 0 unspecified atom stereocenters. The maximum Gasteiger partial charge on any atom is 0.330 e. The zero-order valence-corrected chi connectivity index (χ0v) is 10.8. The fourth-order valence-electron chi connectivity index (χ4n) is 1.58. The van der Waals surface area contributed by atoms with E-state index in [0.717, 1.165) is 11.1 Å². The number of carbonyl (C=O) groups is 2. The van der Waals surface area contributed by atoms with Gasteiger partial charge in [-0.05, 0) is 37.5 Å². The van der Waals surface area contributed by atoms with Crippen molar-refractivity contribution in [2.75, 3.05) is 6.61 Å². The second-order valence-corrected chi connectivity index (χ2v) is 3.99. The Morgan fingerprint density at radius 1 is 1.28 bits per heavy atom. The van der Waals surface area contributed by atoms with E-state index < -0.39 is 0 Å². The zero-order chi connectivity index (χ0) is 13.4. The molecule has 1 aromatic carbocycles. The number of hydrogen-bond donors (Lipinski definition) is 0. The van der Waals surface area contributed by atoms with E-state index in [0.29, 0.717) is 19.4 Å². The third-order valence-corrected chi connectivity index (χ3v) is 2.49. The molecule has 3 heteroatoms. The Labute approximate surface area is 107 Å². The van der Waals surface area contributed by atoms with Gasteiger partial charge in [0.2, 0.25) is 0 Å². The van der Waals surface area contributed by atoms with Crippen LogP contribution in [0.4, 0.5) is 0 Å². The minimum absolute atomic E-state index is 0.166. The summed E-state index contributed by atoms with van der Waals surface area (Å²) in [5.74, 6) is -0.182. The first-order valence-corrected chi connectivity index (χ1v) is 6.05. The van der Waals surface area contributed by atoms with Crippen LogP contribution in [-0.4, -0.2) is 18.4 Å². The smallest absolute Gasteiger partial charge is 0.330 e. The lowest BCUT2D eigenvalue weighted by molar-refractivity contribution is -0.137. The van der Waals surface area contributed by atoms with Gasteiger partial charge in [-0.25, -0.2) is 4.79 Å². The molecular formula is C15H18O3. The van der Waals surface area contributed by atoms with Crippen molar-refractivity contribution in [2.45, 2.75) is 26.7 Å². The van der Waals surface area contributed by atoms with Crippen LogP contribution < -0.4 is 0 Å². The highest BCUT2D eigenvalue weighted by molar-refractivity contribution is 5.87. The Morgan fingerprint density at radius 2 is 2.00 bits per heavy atom. The number of ketones is 1. The molecule has 0 N–H and O–H groups in total. The topological polar surface area (TPSA) is 43.4 Å². The number of benzene rings is 1. The van der Waals surface area contributed by atoms with Crippen LogP contribution in [0.15, 0.2) is 30.3 Å². The summed E-state index contributed by atoms with van der Waals surface area (Å²) in [6, 6.07) is 7.72. The largest absolute Gasteiger partial charge is 0.463 e. The molecule has 0 saturated heterocycles. The molecule has 1 aromatic rings. The van der Waals surface area contributed by atoms with Crippen LogP contribution in [0.25, 0.3) is 6.08 Å². The fraction of sp³-hybridized carbons (Fsp3) is 0.333. The quantitative estimate of drug-likeness (QED) is 0.572. The molecule has 0 bridgehead atoms. The second kappa shape index (κ2) is 7.43. The second-order valence-electron chi connectivity index (χ2n) is 3.99. The van der Waals surface area contributed by atoms with E-state index in [1.54, 1.807) is 19.9 Å². The molecule has 0 amide bonds. The van der Waals surface area contributed by atoms with Crippen molar-refractivity contribution < 1.29 is 14.3 Å². The third-order valence-electron chi connectivity index (χ3n) is 2.49. The van der Waals surface area contributed by atoms with Gasteiger partial charge in [-0.15, -0.1) is 0 Å². The summed E-state index contributed by atoms with van der Waals surface area (Å²) >= 11 is 0. The number of aryl methyl sites for hydroxylation is 1. The van der Waals surface area contributed by atoms with Gasteiger partial charge in [0.25, 0.3) is 0 Å². The number of rotatable bonds is 6. The van der Waals surface area contributed by atoms with Gasteiger partial charge in [-0.2, -0.15) is 0 Å². The first kappa shape index (κ1) is 14.2. The normalized spacial score (nSPS) is 10.6. The highest BCUT2D eigenvalue weighted by atomic mass is 16.5. The molecule has 0 saturated carbocycles. The maximum atomic E-state index is 11.2. The molecule has 0 aliphatic carbocycles. The molecule has 1 rings (SSSR count). The summed E-state index contributed by atoms with van der Waals surface area (Å²) in [6.45, 7) is 3.72. The van der Waals surface area contributed by atoms with E-state index in [4.69, 9.17) is 4.74 Å². The molecular weight excluding hydrogens is 228 g/mol.